The summed E-state index contributed by atoms with van der Waals surface area (Å²) in [6.07, 6.45) is 1.75. The van der Waals surface area contributed by atoms with E-state index in [1.165, 1.54) is 16.2 Å². The van der Waals surface area contributed by atoms with E-state index in [1.54, 1.807) is 17.5 Å². The minimum atomic E-state index is -1.82. The zero-order valence-electron chi connectivity index (χ0n) is 10.3. The molecule has 106 valence electrons. The van der Waals surface area contributed by atoms with Crippen molar-refractivity contribution in [1.29, 1.82) is 0 Å². The van der Waals surface area contributed by atoms with Crippen LogP contribution in [0.4, 0.5) is 5.13 Å². The molecule has 0 aliphatic heterocycles. The summed E-state index contributed by atoms with van der Waals surface area (Å²) >= 11 is 3.22. The fourth-order valence-electron chi connectivity index (χ4n) is 0.950. The maximum absolute atomic E-state index is 9.10. The molecular formula is C11H11N3O4S2. The van der Waals surface area contributed by atoms with Crippen LogP contribution in [0.3, 0.4) is 0 Å². The summed E-state index contributed by atoms with van der Waals surface area (Å²) in [6.45, 7) is 1.98. The molecule has 0 aliphatic carbocycles. The Morgan fingerprint density at radius 3 is 2.40 bits per heavy atom. The average Bonchev–Trinajstić information content (AvgIpc) is 3.09. The number of anilines is 1. The number of hydrazone groups is 1. The van der Waals surface area contributed by atoms with Gasteiger partial charge in [-0.3, -0.25) is 5.43 Å². The van der Waals surface area contributed by atoms with Gasteiger partial charge in [0, 0.05) is 16.5 Å². The Bertz CT molecular complexity index is 567. The fourth-order valence-corrected chi connectivity index (χ4v) is 2.10. The summed E-state index contributed by atoms with van der Waals surface area (Å²) in [5.41, 5.74) is 3.90. The van der Waals surface area contributed by atoms with Crippen LogP contribution in [-0.2, 0) is 9.59 Å². The second-order valence-electron chi connectivity index (χ2n) is 3.23. The molecule has 2 heterocycles. The summed E-state index contributed by atoms with van der Waals surface area (Å²) < 4.78 is 0. The van der Waals surface area contributed by atoms with E-state index in [-0.39, 0.29) is 0 Å². The number of carboxylic acids is 2. The molecule has 0 saturated heterocycles. The van der Waals surface area contributed by atoms with Crippen molar-refractivity contribution in [3.05, 3.63) is 34.0 Å². The first-order valence-corrected chi connectivity index (χ1v) is 6.96. The standard InChI is InChI=1S/C9H9N3S2.C2H2O4/c1-7(8-3-2-5-13-8)11-12-9-10-4-6-14-9;3-1(4)2(5)6/h2-6H,1H3,(H,10,12);(H,3,4)(H,5,6). The molecular weight excluding hydrogens is 302 g/mol. The van der Waals surface area contributed by atoms with E-state index in [0.29, 0.717) is 0 Å². The molecule has 0 atom stereocenters. The highest BCUT2D eigenvalue weighted by Crippen LogP contribution is 2.12. The van der Waals surface area contributed by atoms with Crippen molar-refractivity contribution < 1.29 is 19.8 Å². The number of nitrogens with one attached hydrogen (secondary N) is 1. The molecule has 0 fully saturated rings. The number of carboxylic acid groups (broad SMARTS) is 2. The van der Waals surface area contributed by atoms with Crippen molar-refractivity contribution in [2.24, 2.45) is 5.10 Å². The molecule has 0 bridgehead atoms. The zero-order valence-corrected chi connectivity index (χ0v) is 11.9. The third-order valence-corrected chi connectivity index (χ3v) is 3.47. The van der Waals surface area contributed by atoms with Crippen LogP contribution in [-0.4, -0.2) is 32.8 Å². The monoisotopic (exact) mass is 313 g/mol. The van der Waals surface area contributed by atoms with Crippen LogP contribution < -0.4 is 5.43 Å². The lowest BCUT2D eigenvalue weighted by atomic mass is 10.3. The fraction of sp³-hybridized carbons (Fsp3) is 0.0909. The maximum atomic E-state index is 9.10. The molecule has 0 spiro atoms. The summed E-state index contributed by atoms with van der Waals surface area (Å²) in [5.74, 6) is -3.65. The van der Waals surface area contributed by atoms with Gasteiger partial charge in [0.25, 0.3) is 0 Å². The third kappa shape index (κ3) is 5.59. The lowest BCUT2D eigenvalue weighted by molar-refractivity contribution is -0.159. The Hall–Kier alpha value is -2.26. The second kappa shape index (κ2) is 8.02. The first-order chi connectivity index (χ1) is 9.50. The van der Waals surface area contributed by atoms with Crippen LogP contribution in [0.1, 0.15) is 11.8 Å². The molecule has 20 heavy (non-hydrogen) atoms. The van der Waals surface area contributed by atoms with Gasteiger partial charge in [-0.1, -0.05) is 6.07 Å². The number of nitrogens with zero attached hydrogens (tertiary/aromatic N) is 2. The summed E-state index contributed by atoms with van der Waals surface area (Å²) in [4.78, 5) is 23.4. The van der Waals surface area contributed by atoms with Gasteiger partial charge < -0.3 is 10.2 Å². The van der Waals surface area contributed by atoms with Gasteiger partial charge in [0.05, 0.1) is 5.71 Å². The van der Waals surface area contributed by atoms with Gasteiger partial charge in [0.15, 0.2) is 0 Å². The molecule has 2 aromatic heterocycles. The first kappa shape index (κ1) is 15.8. The second-order valence-corrected chi connectivity index (χ2v) is 5.08. The summed E-state index contributed by atoms with van der Waals surface area (Å²) in [5, 5.41) is 23.8. The van der Waals surface area contributed by atoms with E-state index in [4.69, 9.17) is 19.8 Å². The topological polar surface area (TPSA) is 112 Å². The zero-order chi connectivity index (χ0) is 15.0. The van der Waals surface area contributed by atoms with Crippen LogP contribution in [0.15, 0.2) is 34.2 Å². The number of thiazole rings is 1. The maximum Gasteiger partial charge on any atom is 0.414 e. The van der Waals surface area contributed by atoms with Gasteiger partial charge in [-0.2, -0.15) is 5.10 Å². The number of hydrogen-bond acceptors (Lipinski definition) is 7. The molecule has 2 rings (SSSR count). The molecule has 0 aliphatic rings. The third-order valence-electron chi connectivity index (χ3n) is 1.81. The number of aliphatic carboxylic acids is 2. The van der Waals surface area contributed by atoms with Crippen molar-refractivity contribution in [1.82, 2.24) is 4.98 Å². The summed E-state index contributed by atoms with van der Waals surface area (Å²) in [6, 6.07) is 4.06. The predicted octanol–water partition coefficient (Wildman–Crippen LogP) is 2.20. The smallest absolute Gasteiger partial charge is 0.414 e. The number of hydrogen-bond donors (Lipinski definition) is 3. The van der Waals surface area contributed by atoms with E-state index >= 15 is 0 Å². The molecule has 0 unspecified atom stereocenters. The van der Waals surface area contributed by atoms with Crippen LogP contribution in [0, 0.1) is 0 Å². The van der Waals surface area contributed by atoms with Gasteiger partial charge >= 0.3 is 11.9 Å². The lowest BCUT2D eigenvalue weighted by Crippen LogP contribution is -2.09. The molecule has 2 aromatic rings. The van der Waals surface area contributed by atoms with E-state index in [0.717, 1.165) is 10.8 Å². The Balaban J connectivity index is 0.000000286. The van der Waals surface area contributed by atoms with Gasteiger partial charge in [-0.25, -0.2) is 14.6 Å². The molecule has 3 N–H and O–H groups in total. The highest BCUT2D eigenvalue weighted by Gasteiger charge is 2.04. The van der Waals surface area contributed by atoms with Crippen molar-refractivity contribution in [2.45, 2.75) is 6.92 Å². The van der Waals surface area contributed by atoms with Crippen LogP contribution >= 0.6 is 22.7 Å². The van der Waals surface area contributed by atoms with E-state index in [9.17, 15) is 0 Å². The highest BCUT2D eigenvalue weighted by atomic mass is 32.1. The molecule has 0 aromatic carbocycles. The average molecular weight is 313 g/mol. The first-order valence-electron chi connectivity index (χ1n) is 5.20. The SMILES string of the molecule is CC(=NNc1nccs1)c1cccs1.O=C(O)C(=O)O. The van der Waals surface area contributed by atoms with Crippen molar-refractivity contribution in [3.63, 3.8) is 0 Å². The molecule has 0 radical (unpaired) electrons. The minimum Gasteiger partial charge on any atom is -0.473 e. The van der Waals surface area contributed by atoms with Gasteiger partial charge in [0.2, 0.25) is 5.13 Å². The largest absolute Gasteiger partial charge is 0.473 e. The molecule has 0 saturated carbocycles. The Kier molecular flexibility index (Phi) is 6.33. The predicted molar refractivity (Wildman–Crippen MR) is 77.5 cm³/mol. The Morgan fingerprint density at radius 2 is 1.95 bits per heavy atom. The molecule has 7 nitrogen and oxygen atoms in total. The van der Waals surface area contributed by atoms with Gasteiger partial charge in [0.1, 0.15) is 0 Å². The van der Waals surface area contributed by atoms with E-state index < -0.39 is 11.9 Å². The lowest BCUT2D eigenvalue weighted by Gasteiger charge is -1.96. The van der Waals surface area contributed by atoms with E-state index in [2.05, 4.69) is 15.5 Å². The Morgan fingerprint density at radius 1 is 1.25 bits per heavy atom. The Labute approximate surface area is 122 Å². The van der Waals surface area contributed by atoms with Crippen molar-refractivity contribution in [3.8, 4) is 0 Å². The highest BCUT2D eigenvalue weighted by molar-refractivity contribution is 7.13. The summed E-state index contributed by atoms with van der Waals surface area (Å²) in [7, 11) is 0. The van der Waals surface area contributed by atoms with Gasteiger partial charge in [-0.15, -0.1) is 22.7 Å². The quantitative estimate of drug-likeness (QED) is 0.455. The number of carbonyl (C=O) groups is 2. The van der Waals surface area contributed by atoms with E-state index in [1.807, 2.05) is 29.8 Å². The number of aromatic nitrogens is 1. The van der Waals surface area contributed by atoms with Gasteiger partial charge in [-0.05, 0) is 18.4 Å². The van der Waals surface area contributed by atoms with Crippen LogP contribution in [0.5, 0.6) is 0 Å². The van der Waals surface area contributed by atoms with Crippen molar-refractivity contribution >= 4 is 45.5 Å². The number of thiophene rings is 1. The minimum absolute atomic E-state index is 0.820. The van der Waals surface area contributed by atoms with Crippen LogP contribution in [0.25, 0.3) is 0 Å². The normalized spacial score (nSPS) is 10.3. The van der Waals surface area contributed by atoms with Crippen molar-refractivity contribution in [2.75, 3.05) is 5.43 Å². The molecule has 0 amide bonds. The van der Waals surface area contributed by atoms with Crippen LogP contribution in [0.2, 0.25) is 0 Å². The molecule has 9 heteroatoms. The number of rotatable bonds is 3.